The SMILES string of the molecule is CN(c1ccc(OCC(=O)OCC(=O)N2CCCCCC2)cc1)S(=O)(=O)c1cccs1. The molecule has 0 spiro atoms. The maximum atomic E-state index is 12.6. The van der Waals surface area contributed by atoms with Crippen molar-refractivity contribution in [3.05, 3.63) is 41.8 Å². The minimum atomic E-state index is -3.61. The molecule has 168 valence electrons. The van der Waals surface area contributed by atoms with Crippen LogP contribution in [0.4, 0.5) is 5.69 Å². The van der Waals surface area contributed by atoms with Gasteiger partial charge in [-0.15, -0.1) is 11.3 Å². The van der Waals surface area contributed by atoms with Crippen molar-refractivity contribution in [1.82, 2.24) is 4.90 Å². The Labute approximate surface area is 186 Å². The van der Waals surface area contributed by atoms with Crippen molar-refractivity contribution in [2.45, 2.75) is 29.9 Å². The summed E-state index contributed by atoms with van der Waals surface area (Å²) >= 11 is 1.15. The molecule has 0 atom stereocenters. The van der Waals surface area contributed by atoms with E-state index in [0.29, 0.717) is 24.5 Å². The molecule has 0 N–H and O–H groups in total. The molecule has 1 amide bonds. The molecule has 0 bridgehead atoms. The van der Waals surface area contributed by atoms with Gasteiger partial charge in [0.2, 0.25) is 0 Å². The van der Waals surface area contributed by atoms with Crippen LogP contribution in [0, 0.1) is 0 Å². The number of ether oxygens (including phenoxy) is 2. The van der Waals surface area contributed by atoms with E-state index in [4.69, 9.17) is 9.47 Å². The van der Waals surface area contributed by atoms with Gasteiger partial charge in [-0.2, -0.15) is 0 Å². The third-order valence-corrected chi connectivity index (χ3v) is 8.14. The lowest BCUT2D eigenvalue weighted by Gasteiger charge is -2.20. The first-order valence-corrected chi connectivity index (χ1v) is 12.4. The van der Waals surface area contributed by atoms with Gasteiger partial charge in [-0.05, 0) is 48.6 Å². The highest BCUT2D eigenvalue weighted by molar-refractivity contribution is 7.94. The predicted molar refractivity (Wildman–Crippen MR) is 118 cm³/mol. The van der Waals surface area contributed by atoms with Crippen LogP contribution >= 0.6 is 11.3 Å². The standard InChI is InChI=1S/C21H26N2O6S2/c1-22(31(26,27)21-7-6-14-30-21)17-8-10-18(11-9-17)28-16-20(25)29-15-19(24)23-12-4-2-3-5-13-23/h6-11,14H,2-5,12-13,15-16H2,1H3. The molecule has 3 rings (SSSR count). The van der Waals surface area contributed by atoms with E-state index in [0.717, 1.165) is 37.0 Å². The lowest BCUT2D eigenvalue weighted by Crippen LogP contribution is -2.35. The third-order valence-electron chi connectivity index (χ3n) is 4.98. The Morgan fingerprint density at radius 3 is 2.32 bits per heavy atom. The topological polar surface area (TPSA) is 93.2 Å². The van der Waals surface area contributed by atoms with Crippen molar-refractivity contribution in [3.8, 4) is 5.75 Å². The van der Waals surface area contributed by atoms with E-state index in [1.165, 1.54) is 11.4 Å². The Hall–Kier alpha value is -2.59. The number of carbonyl (C=O) groups is 2. The molecule has 1 aliphatic heterocycles. The molecule has 31 heavy (non-hydrogen) atoms. The molecule has 1 aromatic heterocycles. The van der Waals surface area contributed by atoms with Gasteiger partial charge >= 0.3 is 5.97 Å². The van der Waals surface area contributed by atoms with Crippen molar-refractivity contribution in [3.63, 3.8) is 0 Å². The second kappa shape index (κ2) is 10.6. The Bertz CT molecular complexity index is 966. The van der Waals surface area contributed by atoms with E-state index < -0.39 is 16.0 Å². The first kappa shape index (κ1) is 23.1. The van der Waals surface area contributed by atoms with Crippen LogP contribution in [0.2, 0.25) is 0 Å². The van der Waals surface area contributed by atoms with Crippen LogP contribution in [0.3, 0.4) is 0 Å². The number of benzene rings is 1. The number of rotatable bonds is 8. The van der Waals surface area contributed by atoms with Gasteiger partial charge in [-0.1, -0.05) is 18.9 Å². The Balaban J connectivity index is 1.46. The molecule has 0 unspecified atom stereocenters. The summed E-state index contributed by atoms with van der Waals surface area (Å²) in [5.41, 5.74) is 0.464. The van der Waals surface area contributed by atoms with Crippen molar-refractivity contribution >= 4 is 38.9 Å². The first-order valence-electron chi connectivity index (χ1n) is 10.1. The zero-order valence-corrected chi connectivity index (χ0v) is 19.0. The van der Waals surface area contributed by atoms with E-state index in [-0.39, 0.29) is 23.3 Å². The molecule has 1 fully saturated rings. The van der Waals surface area contributed by atoms with Crippen molar-refractivity contribution in [2.75, 3.05) is 37.7 Å². The van der Waals surface area contributed by atoms with E-state index in [2.05, 4.69) is 0 Å². The summed E-state index contributed by atoms with van der Waals surface area (Å²) in [4.78, 5) is 25.8. The van der Waals surface area contributed by atoms with Gasteiger partial charge in [0.05, 0.1) is 5.69 Å². The highest BCUT2D eigenvalue weighted by atomic mass is 32.2. The average Bonchev–Trinajstić information content (AvgIpc) is 3.20. The molecular weight excluding hydrogens is 440 g/mol. The summed E-state index contributed by atoms with van der Waals surface area (Å²) in [5, 5.41) is 1.71. The van der Waals surface area contributed by atoms with Crippen molar-refractivity contribution in [2.24, 2.45) is 0 Å². The van der Waals surface area contributed by atoms with Crippen LogP contribution in [-0.4, -0.2) is 58.5 Å². The molecule has 0 radical (unpaired) electrons. The molecule has 1 aromatic carbocycles. The van der Waals surface area contributed by atoms with Crippen LogP contribution in [0.1, 0.15) is 25.7 Å². The normalized spacial score (nSPS) is 14.5. The summed E-state index contributed by atoms with van der Waals surface area (Å²) in [6.07, 6.45) is 4.18. The lowest BCUT2D eigenvalue weighted by molar-refractivity contribution is -0.153. The van der Waals surface area contributed by atoms with E-state index in [1.807, 2.05) is 0 Å². The number of sulfonamides is 1. The monoisotopic (exact) mass is 466 g/mol. The number of likely N-dealkylation sites (tertiary alicyclic amines) is 1. The number of thiophene rings is 1. The number of esters is 1. The number of nitrogens with zero attached hydrogens (tertiary/aromatic N) is 2. The zero-order chi connectivity index (χ0) is 22.3. The maximum Gasteiger partial charge on any atom is 0.344 e. The average molecular weight is 467 g/mol. The fourth-order valence-corrected chi connectivity index (χ4v) is 5.53. The zero-order valence-electron chi connectivity index (χ0n) is 17.4. The van der Waals surface area contributed by atoms with E-state index in [1.54, 1.807) is 46.7 Å². The molecule has 2 heterocycles. The van der Waals surface area contributed by atoms with Crippen LogP contribution < -0.4 is 9.04 Å². The third kappa shape index (κ3) is 6.20. The first-order chi connectivity index (χ1) is 14.9. The summed E-state index contributed by atoms with van der Waals surface area (Å²) < 4.78 is 37.0. The van der Waals surface area contributed by atoms with Gasteiger partial charge in [0.1, 0.15) is 9.96 Å². The van der Waals surface area contributed by atoms with Crippen LogP contribution in [0.5, 0.6) is 5.75 Å². The van der Waals surface area contributed by atoms with Crippen LogP contribution in [0.15, 0.2) is 46.0 Å². The Kier molecular flexibility index (Phi) is 7.91. The van der Waals surface area contributed by atoms with Gasteiger partial charge in [-0.3, -0.25) is 9.10 Å². The van der Waals surface area contributed by atoms with Gasteiger partial charge in [-0.25, -0.2) is 13.2 Å². The Morgan fingerprint density at radius 1 is 1.03 bits per heavy atom. The molecule has 1 aliphatic rings. The number of carbonyl (C=O) groups excluding carboxylic acids is 2. The minimum absolute atomic E-state index is 0.186. The van der Waals surface area contributed by atoms with Crippen LogP contribution in [-0.2, 0) is 24.3 Å². The summed E-state index contributed by atoms with van der Waals surface area (Å²) in [6.45, 7) is 0.786. The molecule has 1 saturated heterocycles. The summed E-state index contributed by atoms with van der Waals surface area (Å²) in [5.74, 6) is -0.430. The van der Waals surface area contributed by atoms with Crippen molar-refractivity contribution in [1.29, 1.82) is 0 Å². The summed E-state index contributed by atoms with van der Waals surface area (Å²) in [7, 11) is -2.14. The van der Waals surface area contributed by atoms with Gasteiger partial charge in [0.25, 0.3) is 15.9 Å². The Morgan fingerprint density at radius 2 is 1.71 bits per heavy atom. The van der Waals surface area contributed by atoms with E-state index in [9.17, 15) is 18.0 Å². The fraction of sp³-hybridized carbons (Fsp3) is 0.429. The van der Waals surface area contributed by atoms with Crippen LogP contribution in [0.25, 0.3) is 0 Å². The quantitative estimate of drug-likeness (QED) is 0.556. The minimum Gasteiger partial charge on any atom is -0.482 e. The predicted octanol–water partition coefficient (Wildman–Crippen LogP) is 2.90. The largest absolute Gasteiger partial charge is 0.482 e. The molecule has 2 aromatic rings. The van der Waals surface area contributed by atoms with Crippen molar-refractivity contribution < 1.29 is 27.5 Å². The number of amides is 1. The molecule has 0 aliphatic carbocycles. The fourth-order valence-electron chi connectivity index (χ4n) is 3.17. The van der Waals surface area contributed by atoms with Gasteiger partial charge in [0, 0.05) is 20.1 Å². The highest BCUT2D eigenvalue weighted by Gasteiger charge is 2.22. The number of hydrogen-bond donors (Lipinski definition) is 0. The smallest absolute Gasteiger partial charge is 0.344 e. The number of anilines is 1. The molecular formula is C21H26N2O6S2. The molecule has 0 saturated carbocycles. The second-order valence-electron chi connectivity index (χ2n) is 7.14. The second-order valence-corrected chi connectivity index (χ2v) is 10.3. The number of hydrogen-bond acceptors (Lipinski definition) is 7. The maximum absolute atomic E-state index is 12.6. The van der Waals surface area contributed by atoms with E-state index >= 15 is 0 Å². The lowest BCUT2D eigenvalue weighted by atomic mass is 10.2. The molecule has 8 nitrogen and oxygen atoms in total. The van der Waals surface area contributed by atoms with Gasteiger partial charge < -0.3 is 14.4 Å². The molecule has 10 heteroatoms. The summed E-state index contributed by atoms with van der Waals surface area (Å²) in [6, 6.07) is 9.57. The van der Waals surface area contributed by atoms with Gasteiger partial charge in [0.15, 0.2) is 13.2 Å². The highest BCUT2D eigenvalue weighted by Crippen LogP contribution is 2.26.